The first-order chi connectivity index (χ1) is 16.6. The quantitative estimate of drug-likeness (QED) is 0.288. The number of amides is 1. The fourth-order valence-electron chi connectivity index (χ4n) is 2.87. The highest BCUT2D eigenvalue weighted by molar-refractivity contribution is 7.80. The number of carbonyl (C=O) groups is 1. The topological polar surface area (TPSA) is 78.1 Å². The van der Waals surface area contributed by atoms with Gasteiger partial charge in [0.2, 0.25) is 0 Å². The number of hydrogen-bond acceptors (Lipinski definition) is 6. The molecule has 0 spiro atoms. The number of ether oxygens (including phenoxy) is 4. The van der Waals surface area contributed by atoms with Crippen molar-refractivity contribution in [2.24, 2.45) is 0 Å². The SMILES string of the molecule is CCOCCOc1ccc(C(=O)NC(=S)Nc2ccc(OCCOc3ccccc3)cc2)cc1. The summed E-state index contributed by atoms with van der Waals surface area (Å²) in [5, 5.41) is 5.86. The molecule has 0 aliphatic heterocycles. The molecule has 3 aromatic carbocycles. The molecule has 0 saturated heterocycles. The molecule has 3 rings (SSSR count). The van der Waals surface area contributed by atoms with E-state index >= 15 is 0 Å². The highest BCUT2D eigenvalue weighted by Gasteiger charge is 2.08. The van der Waals surface area contributed by atoms with Crippen LogP contribution in [-0.2, 0) is 4.74 Å². The van der Waals surface area contributed by atoms with Crippen LogP contribution < -0.4 is 24.8 Å². The largest absolute Gasteiger partial charge is 0.491 e. The van der Waals surface area contributed by atoms with E-state index in [4.69, 9.17) is 31.2 Å². The van der Waals surface area contributed by atoms with E-state index in [9.17, 15) is 4.79 Å². The Labute approximate surface area is 205 Å². The van der Waals surface area contributed by atoms with Crippen LogP contribution in [0.5, 0.6) is 17.2 Å². The van der Waals surface area contributed by atoms with Gasteiger partial charge in [-0.1, -0.05) is 18.2 Å². The molecule has 0 bridgehead atoms. The molecule has 0 aromatic heterocycles. The summed E-state index contributed by atoms with van der Waals surface area (Å²) >= 11 is 5.26. The van der Waals surface area contributed by atoms with Crippen molar-refractivity contribution in [2.45, 2.75) is 6.92 Å². The average molecular weight is 481 g/mol. The first kappa shape index (κ1) is 25.0. The Morgan fingerprint density at radius 3 is 1.85 bits per heavy atom. The molecule has 7 nitrogen and oxygen atoms in total. The fraction of sp³-hybridized carbons (Fsp3) is 0.231. The van der Waals surface area contributed by atoms with Crippen molar-refractivity contribution < 1.29 is 23.7 Å². The van der Waals surface area contributed by atoms with E-state index < -0.39 is 0 Å². The first-order valence-electron chi connectivity index (χ1n) is 11.0. The van der Waals surface area contributed by atoms with Gasteiger partial charge < -0.3 is 24.3 Å². The van der Waals surface area contributed by atoms with Gasteiger partial charge in [0.25, 0.3) is 5.91 Å². The molecule has 34 heavy (non-hydrogen) atoms. The van der Waals surface area contributed by atoms with Gasteiger partial charge in [0.1, 0.15) is 37.1 Å². The van der Waals surface area contributed by atoms with E-state index in [0.29, 0.717) is 50.1 Å². The Morgan fingerprint density at radius 1 is 0.735 bits per heavy atom. The summed E-state index contributed by atoms with van der Waals surface area (Å²) in [7, 11) is 0. The minimum atomic E-state index is -0.309. The van der Waals surface area contributed by atoms with Crippen molar-refractivity contribution in [1.29, 1.82) is 0 Å². The van der Waals surface area contributed by atoms with Gasteiger partial charge in [0, 0.05) is 17.9 Å². The molecule has 3 aromatic rings. The second-order valence-electron chi connectivity index (χ2n) is 7.01. The molecular formula is C26H28N2O5S. The monoisotopic (exact) mass is 480 g/mol. The molecule has 2 N–H and O–H groups in total. The van der Waals surface area contributed by atoms with Gasteiger partial charge in [0.15, 0.2) is 5.11 Å². The lowest BCUT2D eigenvalue weighted by Crippen LogP contribution is -2.34. The zero-order valence-electron chi connectivity index (χ0n) is 19.0. The maximum atomic E-state index is 12.4. The summed E-state index contributed by atoms with van der Waals surface area (Å²) in [5.74, 6) is 1.88. The van der Waals surface area contributed by atoms with Crippen LogP contribution in [0.15, 0.2) is 78.9 Å². The Balaban J connectivity index is 1.38. The van der Waals surface area contributed by atoms with Gasteiger partial charge in [-0.3, -0.25) is 10.1 Å². The Morgan fingerprint density at radius 2 is 1.26 bits per heavy atom. The highest BCUT2D eigenvalue weighted by atomic mass is 32.1. The Kier molecular flexibility index (Phi) is 10.2. The molecule has 0 aliphatic rings. The minimum Gasteiger partial charge on any atom is -0.491 e. The number of anilines is 1. The first-order valence-corrected chi connectivity index (χ1v) is 11.4. The summed E-state index contributed by atoms with van der Waals surface area (Å²) in [6, 6.07) is 23.7. The second-order valence-corrected chi connectivity index (χ2v) is 7.42. The molecule has 0 radical (unpaired) electrons. The van der Waals surface area contributed by atoms with Crippen molar-refractivity contribution in [3.8, 4) is 17.2 Å². The third kappa shape index (κ3) is 8.73. The highest BCUT2D eigenvalue weighted by Crippen LogP contribution is 2.16. The van der Waals surface area contributed by atoms with Crippen LogP contribution >= 0.6 is 12.2 Å². The van der Waals surface area contributed by atoms with Crippen molar-refractivity contribution in [1.82, 2.24) is 5.32 Å². The van der Waals surface area contributed by atoms with E-state index in [2.05, 4.69) is 10.6 Å². The van der Waals surface area contributed by atoms with E-state index in [1.165, 1.54) is 0 Å². The summed E-state index contributed by atoms with van der Waals surface area (Å²) in [6.45, 7) is 4.43. The molecule has 0 heterocycles. The van der Waals surface area contributed by atoms with Crippen molar-refractivity contribution >= 4 is 28.9 Å². The van der Waals surface area contributed by atoms with Crippen LogP contribution in [0.4, 0.5) is 5.69 Å². The maximum Gasteiger partial charge on any atom is 0.257 e. The van der Waals surface area contributed by atoms with Crippen molar-refractivity contribution in [3.05, 3.63) is 84.4 Å². The van der Waals surface area contributed by atoms with Crippen LogP contribution in [-0.4, -0.2) is 44.1 Å². The predicted molar refractivity (Wildman–Crippen MR) is 136 cm³/mol. The number of rotatable bonds is 12. The second kappa shape index (κ2) is 13.8. The molecule has 0 aliphatic carbocycles. The third-order valence-corrected chi connectivity index (χ3v) is 4.72. The molecule has 178 valence electrons. The van der Waals surface area contributed by atoms with Gasteiger partial charge in [-0.05, 0) is 79.8 Å². The van der Waals surface area contributed by atoms with Gasteiger partial charge >= 0.3 is 0 Å². The number of para-hydroxylation sites is 1. The van der Waals surface area contributed by atoms with E-state index in [-0.39, 0.29) is 11.0 Å². The fourth-order valence-corrected chi connectivity index (χ4v) is 3.08. The number of benzene rings is 3. The zero-order chi connectivity index (χ0) is 24.0. The van der Waals surface area contributed by atoms with Crippen LogP contribution in [0.3, 0.4) is 0 Å². The summed E-state index contributed by atoms with van der Waals surface area (Å²) < 4.78 is 22.1. The molecular weight excluding hydrogens is 452 g/mol. The Hall–Kier alpha value is -3.62. The van der Waals surface area contributed by atoms with E-state index in [0.717, 1.165) is 11.4 Å². The van der Waals surface area contributed by atoms with Gasteiger partial charge in [-0.25, -0.2) is 0 Å². The van der Waals surface area contributed by atoms with Crippen molar-refractivity contribution in [2.75, 3.05) is 38.4 Å². The smallest absolute Gasteiger partial charge is 0.257 e. The van der Waals surface area contributed by atoms with Crippen LogP contribution in [0.1, 0.15) is 17.3 Å². The Bertz CT molecular complexity index is 1030. The lowest BCUT2D eigenvalue weighted by Gasteiger charge is -2.12. The number of nitrogens with one attached hydrogen (secondary N) is 2. The van der Waals surface area contributed by atoms with Gasteiger partial charge in [0.05, 0.1) is 6.61 Å². The van der Waals surface area contributed by atoms with E-state index in [1.54, 1.807) is 24.3 Å². The molecule has 0 saturated carbocycles. The molecule has 1 amide bonds. The van der Waals surface area contributed by atoms with E-state index in [1.807, 2.05) is 61.5 Å². The molecule has 0 unspecified atom stereocenters. The lowest BCUT2D eigenvalue weighted by atomic mass is 10.2. The van der Waals surface area contributed by atoms with Gasteiger partial charge in [-0.2, -0.15) is 0 Å². The summed E-state index contributed by atoms with van der Waals surface area (Å²) in [5.41, 5.74) is 1.21. The lowest BCUT2D eigenvalue weighted by molar-refractivity contribution is 0.0977. The van der Waals surface area contributed by atoms with Gasteiger partial charge in [-0.15, -0.1) is 0 Å². The van der Waals surface area contributed by atoms with Crippen LogP contribution in [0.25, 0.3) is 0 Å². The number of hydrogen-bond donors (Lipinski definition) is 2. The summed E-state index contributed by atoms with van der Waals surface area (Å²) in [6.07, 6.45) is 0. The molecule has 0 atom stereocenters. The average Bonchev–Trinajstić information content (AvgIpc) is 2.86. The summed E-state index contributed by atoms with van der Waals surface area (Å²) in [4.78, 5) is 12.4. The number of thiocarbonyl (C=S) groups is 1. The number of carbonyl (C=O) groups excluding carboxylic acids is 1. The van der Waals surface area contributed by atoms with Crippen molar-refractivity contribution in [3.63, 3.8) is 0 Å². The molecule has 0 fully saturated rings. The van der Waals surface area contributed by atoms with Crippen LogP contribution in [0.2, 0.25) is 0 Å². The maximum absolute atomic E-state index is 12.4. The normalized spacial score (nSPS) is 10.3. The predicted octanol–water partition coefficient (Wildman–Crippen LogP) is 4.69. The molecule has 8 heteroatoms. The standard InChI is InChI=1S/C26H28N2O5S/c1-2-30-16-17-31-23-12-8-20(9-13-23)25(29)28-26(34)27-21-10-14-24(15-11-21)33-19-18-32-22-6-4-3-5-7-22/h3-15H,2,16-19H2,1H3,(H2,27,28,29,34). The third-order valence-electron chi connectivity index (χ3n) is 4.52. The van der Waals surface area contributed by atoms with Crippen LogP contribution in [0, 0.1) is 0 Å². The minimum absolute atomic E-state index is 0.201. The zero-order valence-corrected chi connectivity index (χ0v) is 19.8.